The van der Waals surface area contributed by atoms with Gasteiger partial charge in [0.25, 0.3) is 5.91 Å². The molecule has 6 nitrogen and oxygen atoms in total. The number of nitrogens with one attached hydrogen (secondary N) is 2. The van der Waals surface area contributed by atoms with Crippen molar-refractivity contribution in [3.8, 4) is 0 Å². The van der Waals surface area contributed by atoms with Gasteiger partial charge in [-0.15, -0.1) is 0 Å². The molecule has 0 aliphatic heterocycles. The lowest BCUT2D eigenvalue weighted by molar-refractivity contribution is 0.102. The maximum Gasteiger partial charge on any atom is 0.274 e. The van der Waals surface area contributed by atoms with Gasteiger partial charge in [-0.05, 0) is 52.2 Å². The van der Waals surface area contributed by atoms with Crippen LogP contribution in [0.25, 0.3) is 0 Å². The summed E-state index contributed by atoms with van der Waals surface area (Å²) in [4.78, 5) is 23.1. The van der Waals surface area contributed by atoms with Crippen molar-refractivity contribution in [2.45, 2.75) is 13.3 Å². The van der Waals surface area contributed by atoms with Crippen molar-refractivity contribution in [1.82, 2.24) is 14.9 Å². The number of nitrogens with zero attached hydrogens (tertiary/aromatic N) is 3. The molecule has 25 heavy (non-hydrogen) atoms. The summed E-state index contributed by atoms with van der Waals surface area (Å²) in [6, 6.07) is 6.50. The highest BCUT2D eigenvalue weighted by atomic mass is 35.5. The third kappa shape index (κ3) is 6.16. The summed E-state index contributed by atoms with van der Waals surface area (Å²) in [5.74, 6) is 0.763. The number of hydrogen-bond acceptors (Lipinski definition) is 5. The third-order valence-corrected chi connectivity index (χ3v) is 3.90. The Morgan fingerprint density at radius 1 is 1.20 bits per heavy atom. The number of hydrogen-bond donors (Lipinski definition) is 2. The molecule has 1 amide bonds. The van der Waals surface area contributed by atoms with Gasteiger partial charge < -0.3 is 15.5 Å². The number of amides is 1. The van der Waals surface area contributed by atoms with Gasteiger partial charge in [-0.2, -0.15) is 0 Å². The molecular formula is C17H21Cl2N5O. The van der Waals surface area contributed by atoms with Crippen molar-refractivity contribution in [2.24, 2.45) is 0 Å². The van der Waals surface area contributed by atoms with E-state index in [0.29, 0.717) is 27.4 Å². The molecule has 2 rings (SSSR count). The summed E-state index contributed by atoms with van der Waals surface area (Å²) >= 11 is 12.0. The normalized spacial score (nSPS) is 10.8. The van der Waals surface area contributed by atoms with Crippen molar-refractivity contribution >= 4 is 40.6 Å². The number of carbonyl (C=O) groups is 1. The Morgan fingerprint density at radius 2 is 1.96 bits per heavy atom. The van der Waals surface area contributed by atoms with Gasteiger partial charge in [0, 0.05) is 17.6 Å². The highest BCUT2D eigenvalue weighted by Gasteiger charge is 2.13. The van der Waals surface area contributed by atoms with Crippen molar-refractivity contribution in [3.05, 3.63) is 45.8 Å². The van der Waals surface area contributed by atoms with Gasteiger partial charge in [-0.25, -0.2) is 9.97 Å². The first kappa shape index (κ1) is 19.4. The second-order valence-corrected chi connectivity index (χ2v) is 6.69. The van der Waals surface area contributed by atoms with Gasteiger partial charge in [0.15, 0.2) is 0 Å². The average molecular weight is 382 g/mol. The van der Waals surface area contributed by atoms with E-state index in [0.717, 1.165) is 19.5 Å². The summed E-state index contributed by atoms with van der Waals surface area (Å²) in [5, 5.41) is 6.84. The van der Waals surface area contributed by atoms with Crippen LogP contribution in [-0.2, 0) is 0 Å². The fourth-order valence-corrected chi connectivity index (χ4v) is 2.50. The van der Waals surface area contributed by atoms with E-state index in [2.05, 4.69) is 25.5 Å². The topological polar surface area (TPSA) is 70.2 Å². The smallest absolute Gasteiger partial charge is 0.274 e. The fourth-order valence-electron chi connectivity index (χ4n) is 2.17. The molecule has 2 aromatic rings. The number of anilines is 2. The van der Waals surface area contributed by atoms with Gasteiger partial charge >= 0.3 is 0 Å². The molecule has 0 aliphatic carbocycles. The lowest BCUT2D eigenvalue weighted by atomic mass is 10.3. The van der Waals surface area contributed by atoms with Crippen LogP contribution >= 0.6 is 23.2 Å². The molecule has 134 valence electrons. The molecule has 2 N–H and O–H groups in total. The molecule has 0 fully saturated rings. The van der Waals surface area contributed by atoms with Crippen molar-refractivity contribution in [3.63, 3.8) is 0 Å². The van der Waals surface area contributed by atoms with E-state index in [-0.39, 0.29) is 11.6 Å². The maximum atomic E-state index is 12.5. The van der Waals surface area contributed by atoms with Crippen LogP contribution < -0.4 is 10.6 Å². The Balaban J connectivity index is 2.07. The van der Waals surface area contributed by atoms with Gasteiger partial charge in [0.1, 0.15) is 17.3 Å². The van der Waals surface area contributed by atoms with E-state index in [1.807, 2.05) is 14.1 Å². The van der Waals surface area contributed by atoms with E-state index in [4.69, 9.17) is 23.2 Å². The summed E-state index contributed by atoms with van der Waals surface area (Å²) in [6.45, 7) is 3.47. The van der Waals surface area contributed by atoms with Crippen LogP contribution in [0.5, 0.6) is 0 Å². The Bertz CT molecular complexity index is 752. The van der Waals surface area contributed by atoms with Crippen LogP contribution in [0.4, 0.5) is 11.5 Å². The number of benzene rings is 1. The van der Waals surface area contributed by atoms with Gasteiger partial charge in [0.05, 0.1) is 10.7 Å². The minimum Gasteiger partial charge on any atom is -0.370 e. The monoisotopic (exact) mass is 381 g/mol. The lowest BCUT2D eigenvalue weighted by Crippen LogP contribution is -2.18. The second kappa shape index (κ2) is 8.99. The molecule has 0 aliphatic rings. The molecule has 0 saturated carbocycles. The highest BCUT2D eigenvalue weighted by Crippen LogP contribution is 2.25. The first-order valence-electron chi connectivity index (χ1n) is 7.86. The SMILES string of the molecule is Cc1nc(NCCCN(C)C)cc(C(=O)Nc2cc(Cl)ccc2Cl)n1. The summed E-state index contributed by atoms with van der Waals surface area (Å²) in [5.41, 5.74) is 0.703. The third-order valence-electron chi connectivity index (χ3n) is 3.34. The quantitative estimate of drug-likeness (QED) is 0.715. The Kier molecular flexibility index (Phi) is 6.99. The molecule has 1 heterocycles. The van der Waals surface area contributed by atoms with E-state index in [9.17, 15) is 4.79 Å². The Morgan fingerprint density at radius 3 is 2.68 bits per heavy atom. The molecule has 0 saturated heterocycles. The predicted molar refractivity (Wildman–Crippen MR) is 103 cm³/mol. The van der Waals surface area contributed by atoms with E-state index in [1.165, 1.54) is 0 Å². The summed E-state index contributed by atoms with van der Waals surface area (Å²) < 4.78 is 0. The molecular weight excluding hydrogens is 361 g/mol. The number of carbonyl (C=O) groups excluding carboxylic acids is 1. The summed E-state index contributed by atoms with van der Waals surface area (Å²) in [7, 11) is 4.05. The zero-order valence-electron chi connectivity index (χ0n) is 14.4. The molecule has 0 atom stereocenters. The molecule has 8 heteroatoms. The summed E-state index contributed by atoms with van der Waals surface area (Å²) in [6.07, 6.45) is 0.968. The zero-order chi connectivity index (χ0) is 18.4. The molecule has 1 aromatic carbocycles. The van der Waals surface area contributed by atoms with Crippen LogP contribution in [0.1, 0.15) is 22.7 Å². The van der Waals surface area contributed by atoms with E-state index in [1.54, 1.807) is 31.2 Å². The van der Waals surface area contributed by atoms with E-state index < -0.39 is 0 Å². The first-order valence-corrected chi connectivity index (χ1v) is 8.61. The second-order valence-electron chi connectivity index (χ2n) is 5.85. The Labute approximate surface area is 157 Å². The molecule has 0 radical (unpaired) electrons. The number of halogens is 2. The van der Waals surface area contributed by atoms with Gasteiger partial charge in [-0.3, -0.25) is 4.79 Å². The van der Waals surface area contributed by atoms with Gasteiger partial charge in [0.2, 0.25) is 0 Å². The van der Waals surface area contributed by atoms with Crippen LogP contribution in [0.2, 0.25) is 10.0 Å². The fraction of sp³-hybridized carbons (Fsp3) is 0.353. The minimum absolute atomic E-state index is 0.263. The number of rotatable bonds is 7. The molecule has 0 bridgehead atoms. The van der Waals surface area contributed by atoms with E-state index >= 15 is 0 Å². The highest BCUT2D eigenvalue weighted by molar-refractivity contribution is 6.35. The van der Waals surface area contributed by atoms with Crippen molar-refractivity contribution in [2.75, 3.05) is 37.8 Å². The lowest BCUT2D eigenvalue weighted by Gasteiger charge is -2.12. The average Bonchev–Trinajstić information content (AvgIpc) is 2.54. The van der Waals surface area contributed by atoms with Crippen molar-refractivity contribution in [1.29, 1.82) is 0 Å². The van der Waals surface area contributed by atoms with Crippen molar-refractivity contribution < 1.29 is 4.79 Å². The molecule has 0 spiro atoms. The van der Waals surface area contributed by atoms with Crippen LogP contribution in [0.3, 0.4) is 0 Å². The van der Waals surface area contributed by atoms with Crippen LogP contribution in [0.15, 0.2) is 24.3 Å². The first-order chi connectivity index (χ1) is 11.8. The zero-order valence-corrected chi connectivity index (χ0v) is 15.9. The standard InChI is InChI=1S/C17H21Cl2N5O/c1-11-21-15(10-16(22-11)20-7-4-8-24(2)3)17(25)23-14-9-12(18)5-6-13(14)19/h5-6,9-10H,4,7-8H2,1-3H3,(H,23,25)(H,20,21,22). The number of aryl methyl sites for hydroxylation is 1. The molecule has 1 aromatic heterocycles. The van der Waals surface area contributed by atoms with Crippen LogP contribution in [0, 0.1) is 6.92 Å². The predicted octanol–water partition coefficient (Wildman–Crippen LogP) is 3.71. The largest absolute Gasteiger partial charge is 0.370 e. The van der Waals surface area contributed by atoms with Gasteiger partial charge in [-0.1, -0.05) is 23.2 Å². The Hall–Kier alpha value is -1.89. The van der Waals surface area contributed by atoms with Crippen LogP contribution in [-0.4, -0.2) is 48.0 Å². The molecule has 0 unspecified atom stereocenters. The minimum atomic E-state index is -0.369. The maximum absolute atomic E-state index is 12.5. The number of aromatic nitrogens is 2.